The average Bonchev–Trinajstić information content (AvgIpc) is 2.70. The van der Waals surface area contributed by atoms with Gasteiger partial charge in [-0.1, -0.05) is 30.7 Å². The summed E-state index contributed by atoms with van der Waals surface area (Å²) >= 11 is 0. The molecular weight excluding hydrogens is 390 g/mol. The monoisotopic (exact) mass is 417 g/mol. The van der Waals surface area contributed by atoms with Crippen molar-refractivity contribution in [1.29, 1.82) is 0 Å². The van der Waals surface area contributed by atoms with Crippen molar-refractivity contribution >= 4 is 35.3 Å². The van der Waals surface area contributed by atoms with E-state index >= 15 is 0 Å². The quantitative estimate of drug-likeness (QED) is 0.581. The largest absolute Gasteiger partial charge is 0.369 e. The fraction of sp³-hybridized carbons (Fsp3) is 0.320. The molecule has 1 atom stereocenters. The second-order valence-electron chi connectivity index (χ2n) is 9.09. The Labute approximate surface area is 182 Å². The molecule has 2 aliphatic heterocycles. The van der Waals surface area contributed by atoms with Crippen LogP contribution in [0.4, 0.5) is 16.2 Å². The molecule has 0 bridgehead atoms. The molecule has 0 aromatic heterocycles. The second kappa shape index (κ2) is 7.38. The zero-order valence-corrected chi connectivity index (χ0v) is 18.5. The Morgan fingerprint density at radius 2 is 1.74 bits per heavy atom. The Bertz CT molecular complexity index is 1120. The fourth-order valence-electron chi connectivity index (χ4n) is 4.44. The number of hydrogen-bond donors (Lipinski definition) is 1. The molecule has 1 fully saturated rings. The first-order valence-electron chi connectivity index (χ1n) is 10.4. The van der Waals surface area contributed by atoms with Crippen LogP contribution in [-0.2, 0) is 9.59 Å². The summed E-state index contributed by atoms with van der Waals surface area (Å²) < 4.78 is 0. The molecule has 2 aromatic rings. The predicted molar refractivity (Wildman–Crippen MR) is 122 cm³/mol. The summed E-state index contributed by atoms with van der Waals surface area (Å²) in [7, 11) is 2.09. The van der Waals surface area contributed by atoms with Crippen LogP contribution in [0.1, 0.15) is 49.8 Å². The molecule has 1 N–H and O–H groups in total. The summed E-state index contributed by atoms with van der Waals surface area (Å²) in [6.07, 6.45) is 2.57. The number of aryl methyl sites for hydroxylation is 1. The van der Waals surface area contributed by atoms with Gasteiger partial charge in [0.2, 0.25) is 0 Å². The molecule has 0 spiro atoms. The number of urea groups is 1. The lowest BCUT2D eigenvalue weighted by Crippen LogP contribution is -2.54. The molecule has 0 aliphatic carbocycles. The number of hydrogen-bond acceptors (Lipinski definition) is 4. The van der Waals surface area contributed by atoms with E-state index in [-0.39, 0.29) is 11.1 Å². The van der Waals surface area contributed by atoms with Crippen LogP contribution in [0.25, 0.3) is 6.08 Å². The zero-order valence-electron chi connectivity index (χ0n) is 18.5. The minimum atomic E-state index is -0.737. The molecule has 0 unspecified atom stereocenters. The molecular formula is C25H27N3O3. The Kier molecular flexibility index (Phi) is 4.96. The summed E-state index contributed by atoms with van der Waals surface area (Å²) in [6, 6.07) is 12.3. The number of carbonyl (C=O) groups excluding carboxylic acids is 3. The zero-order chi connectivity index (χ0) is 22.5. The Morgan fingerprint density at radius 1 is 1.06 bits per heavy atom. The minimum absolute atomic E-state index is 0.0561. The van der Waals surface area contributed by atoms with E-state index in [1.54, 1.807) is 18.2 Å². The maximum Gasteiger partial charge on any atom is 0.335 e. The highest BCUT2D eigenvalue weighted by Gasteiger charge is 2.37. The first kappa shape index (κ1) is 20.8. The number of rotatable bonds is 2. The summed E-state index contributed by atoms with van der Waals surface area (Å²) in [6.45, 7) is 8.57. The molecule has 1 saturated heterocycles. The van der Waals surface area contributed by atoms with Gasteiger partial charge in [-0.2, -0.15) is 0 Å². The van der Waals surface area contributed by atoms with E-state index < -0.39 is 17.8 Å². The lowest BCUT2D eigenvalue weighted by Gasteiger charge is -2.45. The molecule has 2 aliphatic rings. The van der Waals surface area contributed by atoms with E-state index in [0.29, 0.717) is 11.6 Å². The van der Waals surface area contributed by atoms with Crippen molar-refractivity contribution < 1.29 is 14.4 Å². The Hall–Kier alpha value is -3.41. The third-order valence-electron chi connectivity index (χ3n) is 6.36. The fourth-order valence-corrected chi connectivity index (χ4v) is 4.44. The molecule has 6 nitrogen and oxygen atoms in total. The normalized spacial score (nSPS) is 21.9. The van der Waals surface area contributed by atoms with Gasteiger partial charge in [0.05, 0.1) is 5.69 Å². The second-order valence-corrected chi connectivity index (χ2v) is 9.09. The van der Waals surface area contributed by atoms with Crippen LogP contribution in [0.5, 0.6) is 0 Å². The molecule has 2 heterocycles. The molecule has 160 valence electrons. The van der Waals surface area contributed by atoms with Gasteiger partial charge in [-0.3, -0.25) is 14.9 Å². The van der Waals surface area contributed by atoms with Crippen molar-refractivity contribution in [2.45, 2.75) is 45.6 Å². The van der Waals surface area contributed by atoms with E-state index in [1.807, 2.05) is 37.3 Å². The highest BCUT2D eigenvalue weighted by Crippen LogP contribution is 2.42. The highest BCUT2D eigenvalue weighted by atomic mass is 16.2. The van der Waals surface area contributed by atoms with Crippen LogP contribution in [0.2, 0.25) is 0 Å². The first-order valence-corrected chi connectivity index (χ1v) is 10.4. The molecule has 0 saturated carbocycles. The van der Waals surface area contributed by atoms with E-state index in [1.165, 1.54) is 5.56 Å². The topological polar surface area (TPSA) is 69.7 Å². The predicted octanol–water partition coefficient (Wildman–Crippen LogP) is 4.38. The lowest BCUT2D eigenvalue weighted by molar-refractivity contribution is -0.122. The van der Waals surface area contributed by atoms with E-state index in [9.17, 15) is 14.4 Å². The lowest BCUT2D eigenvalue weighted by atomic mass is 9.80. The van der Waals surface area contributed by atoms with E-state index in [4.69, 9.17) is 0 Å². The number of nitrogens with zero attached hydrogens (tertiary/aromatic N) is 2. The number of imide groups is 2. The number of benzene rings is 2. The third-order valence-corrected chi connectivity index (χ3v) is 6.36. The number of anilines is 2. The van der Waals surface area contributed by atoms with Gasteiger partial charge >= 0.3 is 6.03 Å². The minimum Gasteiger partial charge on any atom is -0.369 e. The van der Waals surface area contributed by atoms with Gasteiger partial charge in [0, 0.05) is 18.3 Å². The van der Waals surface area contributed by atoms with Crippen LogP contribution in [0.15, 0.2) is 48.0 Å². The van der Waals surface area contributed by atoms with Crippen LogP contribution in [0.3, 0.4) is 0 Å². The standard InChI is InChI=1S/C25H27N3O3/c1-15-6-9-18(10-7-15)28-23(30)20(22(29)26-24(28)31)13-17-8-11-21-19(12-17)16(2)14-25(3,4)27(21)5/h6-13,16H,14H2,1-5H3,(H,26,29,31)/b20-13+/t16-/m0/s1. The highest BCUT2D eigenvalue weighted by molar-refractivity contribution is 6.39. The number of barbiturate groups is 1. The van der Waals surface area contributed by atoms with Gasteiger partial charge in [0.1, 0.15) is 5.57 Å². The van der Waals surface area contributed by atoms with Crippen molar-refractivity contribution in [2.75, 3.05) is 16.8 Å². The Balaban J connectivity index is 1.72. The SMILES string of the molecule is Cc1ccc(N2C(=O)NC(=O)/C(=C\c3ccc4c(c3)[C@@H](C)CC(C)(C)N4C)C2=O)cc1. The number of carbonyl (C=O) groups is 3. The van der Waals surface area contributed by atoms with Crippen molar-refractivity contribution in [3.05, 3.63) is 64.7 Å². The van der Waals surface area contributed by atoms with Crippen molar-refractivity contribution in [3.8, 4) is 0 Å². The van der Waals surface area contributed by atoms with Gasteiger partial charge in [0.15, 0.2) is 0 Å². The van der Waals surface area contributed by atoms with Gasteiger partial charge < -0.3 is 4.90 Å². The van der Waals surface area contributed by atoms with Crippen molar-refractivity contribution in [1.82, 2.24) is 5.32 Å². The number of nitrogens with one attached hydrogen (secondary N) is 1. The van der Waals surface area contributed by atoms with Gasteiger partial charge in [0.25, 0.3) is 11.8 Å². The average molecular weight is 418 g/mol. The summed E-state index contributed by atoms with van der Waals surface area (Å²) in [5.41, 5.74) is 4.53. The third kappa shape index (κ3) is 3.63. The van der Waals surface area contributed by atoms with Gasteiger partial charge in [-0.05, 0) is 74.6 Å². The summed E-state index contributed by atoms with van der Waals surface area (Å²) in [5, 5.41) is 2.28. The maximum absolute atomic E-state index is 13.1. The smallest absolute Gasteiger partial charge is 0.335 e. The van der Waals surface area contributed by atoms with Crippen LogP contribution >= 0.6 is 0 Å². The molecule has 4 amide bonds. The first-order chi connectivity index (χ1) is 14.6. The maximum atomic E-state index is 13.1. The van der Waals surface area contributed by atoms with Crippen LogP contribution in [0, 0.1) is 6.92 Å². The molecule has 6 heteroatoms. The summed E-state index contributed by atoms with van der Waals surface area (Å²) in [5.74, 6) is -0.954. The van der Waals surface area contributed by atoms with E-state index in [2.05, 4.69) is 38.0 Å². The molecule has 0 radical (unpaired) electrons. The van der Waals surface area contributed by atoms with Crippen LogP contribution in [-0.4, -0.2) is 30.4 Å². The molecule has 4 rings (SSSR count). The van der Waals surface area contributed by atoms with E-state index in [0.717, 1.165) is 28.1 Å². The summed E-state index contributed by atoms with van der Waals surface area (Å²) in [4.78, 5) is 41.2. The number of amides is 4. The number of fused-ring (bicyclic) bond motifs is 1. The molecule has 31 heavy (non-hydrogen) atoms. The van der Waals surface area contributed by atoms with Crippen molar-refractivity contribution in [2.24, 2.45) is 0 Å². The van der Waals surface area contributed by atoms with Crippen LogP contribution < -0.4 is 15.1 Å². The molecule has 2 aromatic carbocycles. The van der Waals surface area contributed by atoms with Crippen molar-refractivity contribution in [3.63, 3.8) is 0 Å². The Morgan fingerprint density at radius 3 is 2.42 bits per heavy atom. The van der Waals surface area contributed by atoms with Gasteiger partial charge in [-0.25, -0.2) is 9.69 Å². The van der Waals surface area contributed by atoms with Gasteiger partial charge in [-0.15, -0.1) is 0 Å².